The number of nitrogens with zero attached hydrogens (tertiary/aromatic N) is 2. The Morgan fingerprint density at radius 1 is 1.05 bits per heavy atom. The van der Waals surface area contributed by atoms with Crippen LogP contribution >= 0.6 is 0 Å². The molecule has 0 spiro atoms. The number of carbonyl (C=O) groups excluding carboxylic acids is 5. The number of anilines is 1. The van der Waals surface area contributed by atoms with E-state index in [0.29, 0.717) is 11.1 Å². The first-order valence-electron chi connectivity index (χ1n) is 13.5. The molecule has 4 amide bonds. The number of aromatic nitrogens is 1. The van der Waals surface area contributed by atoms with Crippen molar-refractivity contribution in [2.45, 2.75) is 52.5 Å². The van der Waals surface area contributed by atoms with E-state index in [1.165, 1.54) is 30.5 Å². The molecule has 2 aromatic rings. The van der Waals surface area contributed by atoms with Gasteiger partial charge in [0.05, 0.1) is 24.5 Å². The number of hydrogen-bond donors (Lipinski definition) is 2. The number of hydrogen-bond acceptors (Lipinski definition) is 11. The number of esters is 2. The van der Waals surface area contributed by atoms with Crippen LogP contribution < -0.4 is 20.1 Å². The Morgan fingerprint density at radius 3 is 2.48 bits per heavy atom. The first-order valence-corrected chi connectivity index (χ1v) is 13.5. The fourth-order valence-corrected chi connectivity index (χ4v) is 4.42. The van der Waals surface area contributed by atoms with Gasteiger partial charge in [0.2, 0.25) is 12.7 Å². The number of nitrogens with one attached hydrogen (secondary N) is 2. The van der Waals surface area contributed by atoms with Gasteiger partial charge in [0.15, 0.2) is 17.5 Å². The molecule has 14 nitrogen and oxygen atoms in total. The molecule has 0 unspecified atom stereocenters. The van der Waals surface area contributed by atoms with E-state index >= 15 is 0 Å². The first-order chi connectivity index (χ1) is 20.8. The van der Waals surface area contributed by atoms with Gasteiger partial charge in [-0.2, -0.15) is 0 Å². The number of rotatable bonds is 10. The molecule has 2 aliphatic heterocycles. The van der Waals surface area contributed by atoms with Crippen LogP contribution in [0.3, 0.4) is 0 Å². The zero-order valence-electron chi connectivity index (χ0n) is 24.1. The van der Waals surface area contributed by atoms with E-state index in [2.05, 4.69) is 25.1 Å². The van der Waals surface area contributed by atoms with E-state index in [-0.39, 0.29) is 30.3 Å². The number of fused-ring (bicyclic) bond motifs is 1. The minimum Gasteiger partial charge on any atom is -0.464 e. The summed E-state index contributed by atoms with van der Waals surface area (Å²) in [6, 6.07) is 4.07. The molecule has 4 rings (SSSR count). The zero-order valence-corrected chi connectivity index (χ0v) is 24.1. The fourth-order valence-electron chi connectivity index (χ4n) is 4.42. The maximum atomic E-state index is 13.4. The third-order valence-corrected chi connectivity index (χ3v) is 6.60. The van der Waals surface area contributed by atoms with Crippen LogP contribution in [0.5, 0.6) is 11.5 Å². The van der Waals surface area contributed by atoms with Crippen molar-refractivity contribution in [3.8, 4) is 11.5 Å². The van der Waals surface area contributed by atoms with Crippen LogP contribution in [0.25, 0.3) is 0 Å². The molecule has 3 heterocycles. The lowest BCUT2D eigenvalue weighted by Gasteiger charge is -2.44. The summed E-state index contributed by atoms with van der Waals surface area (Å²) >= 11 is 0. The molecule has 1 aromatic carbocycles. The second-order valence-corrected chi connectivity index (χ2v) is 10.1. The van der Waals surface area contributed by atoms with Gasteiger partial charge in [-0.3, -0.25) is 14.9 Å². The lowest BCUT2D eigenvalue weighted by Crippen LogP contribution is -2.69. The predicted octanol–water partition coefficient (Wildman–Crippen LogP) is 3.51. The van der Waals surface area contributed by atoms with Crippen molar-refractivity contribution >= 4 is 35.8 Å². The molecule has 1 fully saturated rings. The molecule has 2 aliphatic rings. The number of imide groups is 1. The minimum absolute atomic E-state index is 0.00184. The monoisotopic (exact) mass is 620 g/mol. The lowest BCUT2D eigenvalue weighted by atomic mass is 9.82. The molecule has 0 radical (unpaired) electrons. The summed E-state index contributed by atoms with van der Waals surface area (Å²) in [7, 11) is 0. The summed E-state index contributed by atoms with van der Waals surface area (Å²) in [5.74, 6) is -3.69. The van der Waals surface area contributed by atoms with E-state index in [1.807, 2.05) is 0 Å². The summed E-state index contributed by atoms with van der Waals surface area (Å²) in [6.45, 7) is 5.78. The molecule has 16 heteroatoms. The Kier molecular flexibility index (Phi) is 9.50. The Hall–Kier alpha value is -5.02. The van der Waals surface area contributed by atoms with Crippen molar-refractivity contribution in [3.05, 3.63) is 47.7 Å². The number of ether oxygens (including phenoxy) is 5. The topological polar surface area (TPSA) is 172 Å². The number of urea groups is 1. The lowest BCUT2D eigenvalue weighted by molar-refractivity contribution is -0.286. The van der Waals surface area contributed by atoms with Crippen molar-refractivity contribution in [2.75, 3.05) is 18.7 Å². The Morgan fingerprint density at radius 2 is 1.77 bits per heavy atom. The SMILES string of the molecule is CCOC(=O)[C@@H]1[C@@H](Cc2ccnc(NC(=O)OCOC(=O)C(C)C)c2)C(=O)N1C(=O)N[C@H](C)c1ccc2c(c1)OC(F)(F)O2. The molecule has 1 aromatic heterocycles. The van der Waals surface area contributed by atoms with E-state index in [9.17, 15) is 32.8 Å². The second kappa shape index (κ2) is 13.1. The first kappa shape index (κ1) is 31.9. The van der Waals surface area contributed by atoms with Crippen molar-refractivity contribution < 1.29 is 56.4 Å². The number of benzene rings is 1. The molecule has 3 atom stereocenters. The number of halogens is 2. The van der Waals surface area contributed by atoms with Crippen molar-refractivity contribution in [2.24, 2.45) is 11.8 Å². The molecule has 2 N–H and O–H groups in total. The van der Waals surface area contributed by atoms with Crippen molar-refractivity contribution in [3.63, 3.8) is 0 Å². The highest BCUT2D eigenvalue weighted by Gasteiger charge is 2.55. The standard InChI is InChI=1S/C28H30F2N4O10/c1-5-40-25(37)22-18(10-16-8-9-31-21(11-16)33-27(39)42-13-41-24(36)14(2)3)23(35)34(22)26(38)32-15(4)17-6-7-19-20(12-17)44-28(29,30)43-19/h6-9,11-12,14-15,18,22H,5,10,13H2,1-4H3,(H,32,38)(H,31,33,39)/t15-,18-,22+/m1/s1. The van der Waals surface area contributed by atoms with Crippen LogP contribution in [0.1, 0.15) is 44.9 Å². The highest BCUT2D eigenvalue weighted by molar-refractivity contribution is 6.08. The number of amides is 4. The Balaban J connectivity index is 1.39. The van der Waals surface area contributed by atoms with E-state index < -0.39 is 67.0 Å². The highest BCUT2D eigenvalue weighted by atomic mass is 19.3. The molecule has 1 saturated heterocycles. The number of β-lactam (4-membered cyclic amide) rings is 1. The maximum Gasteiger partial charge on any atom is 0.586 e. The third-order valence-electron chi connectivity index (χ3n) is 6.60. The average Bonchev–Trinajstić information content (AvgIpc) is 3.27. The van der Waals surface area contributed by atoms with Gasteiger partial charge in [-0.15, -0.1) is 8.78 Å². The normalized spacial score (nSPS) is 18.6. The van der Waals surface area contributed by atoms with Crippen LogP contribution in [0.2, 0.25) is 0 Å². The van der Waals surface area contributed by atoms with Gasteiger partial charge in [-0.05, 0) is 55.7 Å². The second-order valence-electron chi connectivity index (χ2n) is 10.1. The Labute approximate surface area is 249 Å². The van der Waals surface area contributed by atoms with Crippen LogP contribution in [-0.4, -0.2) is 65.6 Å². The minimum atomic E-state index is -3.81. The zero-order chi connectivity index (χ0) is 32.2. The van der Waals surface area contributed by atoms with Gasteiger partial charge >= 0.3 is 30.4 Å². The number of pyridine rings is 1. The van der Waals surface area contributed by atoms with Gasteiger partial charge in [-0.1, -0.05) is 19.9 Å². The van der Waals surface area contributed by atoms with Crippen molar-refractivity contribution in [1.29, 1.82) is 0 Å². The van der Waals surface area contributed by atoms with E-state index in [0.717, 1.165) is 4.90 Å². The summed E-state index contributed by atoms with van der Waals surface area (Å²) in [6.07, 6.45) is -3.39. The van der Waals surface area contributed by atoms with Crippen LogP contribution in [0.15, 0.2) is 36.5 Å². The number of likely N-dealkylation sites (tertiary alicyclic amines) is 1. The smallest absolute Gasteiger partial charge is 0.464 e. The van der Waals surface area contributed by atoms with Gasteiger partial charge in [-0.25, -0.2) is 24.3 Å². The summed E-state index contributed by atoms with van der Waals surface area (Å²) < 4.78 is 50.3. The van der Waals surface area contributed by atoms with Crippen molar-refractivity contribution in [1.82, 2.24) is 15.2 Å². The van der Waals surface area contributed by atoms with Crippen LogP contribution in [-0.2, 0) is 35.0 Å². The van der Waals surface area contributed by atoms with Gasteiger partial charge < -0.3 is 29.0 Å². The molecule has 236 valence electrons. The molecular weight excluding hydrogens is 590 g/mol. The quantitative estimate of drug-likeness (QED) is 0.226. The molecule has 44 heavy (non-hydrogen) atoms. The van der Waals surface area contributed by atoms with E-state index in [1.54, 1.807) is 33.8 Å². The highest BCUT2D eigenvalue weighted by Crippen LogP contribution is 2.42. The third kappa shape index (κ3) is 7.30. The summed E-state index contributed by atoms with van der Waals surface area (Å²) in [5, 5.41) is 4.96. The van der Waals surface area contributed by atoms with Crippen LogP contribution in [0.4, 0.5) is 24.2 Å². The van der Waals surface area contributed by atoms with Crippen LogP contribution in [0, 0.1) is 11.8 Å². The van der Waals surface area contributed by atoms with Gasteiger partial charge in [0, 0.05) is 6.20 Å². The molecule has 0 saturated carbocycles. The molecule has 0 bridgehead atoms. The number of carbonyl (C=O) groups is 5. The van der Waals surface area contributed by atoms with E-state index in [4.69, 9.17) is 14.2 Å². The molecule has 0 aliphatic carbocycles. The summed E-state index contributed by atoms with van der Waals surface area (Å²) in [4.78, 5) is 67.4. The largest absolute Gasteiger partial charge is 0.586 e. The molecular formula is C28H30F2N4O10. The predicted molar refractivity (Wildman–Crippen MR) is 144 cm³/mol. The fraction of sp³-hybridized carbons (Fsp3) is 0.429. The number of alkyl halides is 2. The Bertz CT molecular complexity index is 1450. The van der Waals surface area contributed by atoms with Gasteiger partial charge in [0.1, 0.15) is 5.82 Å². The van der Waals surface area contributed by atoms with Gasteiger partial charge in [0.25, 0.3) is 0 Å². The average molecular weight is 621 g/mol. The maximum absolute atomic E-state index is 13.4. The summed E-state index contributed by atoms with van der Waals surface area (Å²) in [5.41, 5.74) is 0.879.